The van der Waals surface area contributed by atoms with Crippen LogP contribution in [0.25, 0.3) is 10.2 Å². The van der Waals surface area contributed by atoms with Crippen LogP contribution in [0.5, 0.6) is 5.75 Å². The molecular weight excluding hydrogens is 350 g/mol. The molecule has 3 heterocycles. The fourth-order valence-electron chi connectivity index (χ4n) is 3.18. The molecule has 1 aliphatic heterocycles. The van der Waals surface area contributed by atoms with E-state index in [1.54, 1.807) is 35.4 Å². The van der Waals surface area contributed by atoms with Crippen LogP contribution in [0.4, 0.5) is 5.13 Å². The van der Waals surface area contributed by atoms with Gasteiger partial charge >= 0.3 is 0 Å². The van der Waals surface area contributed by atoms with E-state index in [1.165, 1.54) is 0 Å². The number of benzene rings is 1. The molecule has 0 unspecified atom stereocenters. The number of piperazine rings is 1. The molecule has 8 heteroatoms. The zero-order valence-corrected chi connectivity index (χ0v) is 15.7. The van der Waals surface area contributed by atoms with E-state index < -0.39 is 0 Å². The second kappa shape index (κ2) is 6.95. The van der Waals surface area contributed by atoms with Crippen LogP contribution in [0.1, 0.15) is 17.4 Å². The number of aromatic nitrogens is 3. The number of fused-ring (bicyclic) bond motifs is 1. The van der Waals surface area contributed by atoms with Gasteiger partial charge in [0.05, 0.1) is 17.3 Å². The first kappa shape index (κ1) is 16.8. The lowest BCUT2D eigenvalue weighted by molar-refractivity contribution is 0.0734. The molecule has 136 valence electrons. The molecule has 3 aromatic rings. The van der Waals surface area contributed by atoms with Crippen LogP contribution >= 0.6 is 11.3 Å². The molecule has 2 aromatic heterocycles. The number of hydrogen-bond acceptors (Lipinski definition) is 6. The zero-order chi connectivity index (χ0) is 18.1. The predicted octanol–water partition coefficient (Wildman–Crippen LogP) is 2.48. The number of thiazole rings is 1. The number of amides is 1. The summed E-state index contributed by atoms with van der Waals surface area (Å²) in [5, 5.41) is 5.19. The maximum atomic E-state index is 12.7. The van der Waals surface area contributed by atoms with Crippen molar-refractivity contribution in [1.82, 2.24) is 19.7 Å². The van der Waals surface area contributed by atoms with Crippen molar-refractivity contribution >= 4 is 32.6 Å². The van der Waals surface area contributed by atoms with Crippen LogP contribution in [-0.4, -0.2) is 58.9 Å². The molecule has 7 nitrogen and oxygen atoms in total. The Morgan fingerprint density at radius 3 is 2.77 bits per heavy atom. The Kier molecular flexibility index (Phi) is 4.50. The summed E-state index contributed by atoms with van der Waals surface area (Å²) < 4.78 is 8.15. The zero-order valence-electron chi connectivity index (χ0n) is 14.9. The fourth-order valence-corrected chi connectivity index (χ4v) is 4.23. The fraction of sp³-hybridized carbons (Fsp3) is 0.389. The Bertz CT molecular complexity index is 927. The van der Waals surface area contributed by atoms with Crippen LogP contribution in [-0.2, 0) is 6.54 Å². The van der Waals surface area contributed by atoms with Crippen LogP contribution in [0, 0.1) is 0 Å². The molecule has 1 amide bonds. The summed E-state index contributed by atoms with van der Waals surface area (Å²) in [6.45, 7) is 5.62. The van der Waals surface area contributed by atoms with E-state index in [-0.39, 0.29) is 5.91 Å². The number of nitrogens with zero attached hydrogens (tertiary/aromatic N) is 5. The van der Waals surface area contributed by atoms with E-state index in [1.807, 2.05) is 30.0 Å². The van der Waals surface area contributed by atoms with Gasteiger partial charge in [0.1, 0.15) is 11.4 Å². The van der Waals surface area contributed by atoms with Gasteiger partial charge in [0.15, 0.2) is 5.13 Å². The number of anilines is 1. The number of carbonyl (C=O) groups excluding carboxylic acids is 1. The van der Waals surface area contributed by atoms with Crippen molar-refractivity contribution in [3.63, 3.8) is 0 Å². The van der Waals surface area contributed by atoms with Gasteiger partial charge in [-0.1, -0.05) is 11.3 Å². The van der Waals surface area contributed by atoms with Crippen LogP contribution in [0.15, 0.2) is 30.5 Å². The van der Waals surface area contributed by atoms with Crippen molar-refractivity contribution in [2.75, 3.05) is 38.2 Å². The van der Waals surface area contributed by atoms with Gasteiger partial charge in [-0.15, -0.1) is 0 Å². The molecule has 0 atom stereocenters. The summed E-state index contributed by atoms with van der Waals surface area (Å²) in [5.74, 6) is 0.897. The van der Waals surface area contributed by atoms with E-state index in [4.69, 9.17) is 9.72 Å². The molecule has 0 N–H and O–H groups in total. The standard InChI is InChI=1S/C18H21N5O2S/c1-3-23-15(6-7-19-23)17(24)21-8-10-22(11-9-21)18-20-14-5-4-13(25-2)12-16(14)26-18/h4-7,12H,3,8-11H2,1-2H3. The molecule has 1 saturated heterocycles. The van der Waals surface area contributed by atoms with Gasteiger partial charge < -0.3 is 14.5 Å². The van der Waals surface area contributed by atoms with Crippen molar-refractivity contribution < 1.29 is 9.53 Å². The number of aryl methyl sites for hydroxylation is 1. The third-order valence-electron chi connectivity index (χ3n) is 4.66. The average Bonchev–Trinajstić information content (AvgIpc) is 3.33. The smallest absolute Gasteiger partial charge is 0.272 e. The highest BCUT2D eigenvalue weighted by Gasteiger charge is 2.25. The first-order valence-electron chi connectivity index (χ1n) is 8.70. The van der Waals surface area contributed by atoms with Crippen LogP contribution < -0.4 is 9.64 Å². The topological polar surface area (TPSA) is 63.5 Å². The SMILES string of the molecule is CCn1nccc1C(=O)N1CCN(c2nc3ccc(OC)cc3s2)CC1. The molecular formula is C18H21N5O2S. The van der Waals surface area contributed by atoms with E-state index in [2.05, 4.69) is 10.00 Å². The third kappa shape index (κ3) is 3.01. The summed E-state index contributed by atoms with van der Waals surface area (Å²) in [6.07, 6.45) is 1.68. The number of carbonyl (C=O) groups is 1. The largest absolute Gasteiger partial charge is 0.497 e. The lowest BCUT2D eigenvalue weighted by atomic mass is 10.3. The third-order valence-corrected chi connectivity index (χ3v) is 5.74. The molecule has 0 radical (unpaired) electrons. The summed E-state index contributed by atoms with van der Waals surface area (Å²) in [5.41, 5.74) is 1.64. The lowest BCUT2D eigenvalue weighted by Crippen LogP contribution is -2.49. The second-order valence-electron chi connectivity index (χ2n) is 6.14. The predicted molar refractivity (Wildman–Crippen MR) is 102 cm³/mol. The molecule has 4 rings (SSSR count). The van der Waals surface area contributed by atoms with Crippen LogP contribution in [0.2, 0.25) is 0 Å². The Morgan fingerprint density at radius 2 is 2.04 bits per heavy atom. The van der Waals surface area contributed by atoms with Crippen molar-refractivity contribution in [3.05, 3.63) is 36.2 Å². The van der Waals surface area contributed by atoms with Gasteiger partial charge in [-0.25, -0.2) is 4.98 Å². The Hall–Kier alpha value is -2.61. The Morgan fingerprint density at radius 1 is 1.23 bits per heavy atom. The quantitative estimate of drug-likeness (QED) is 0.705. The lowest BCUT2D eigenvalue weighted by Gasteiger charge is -2.34. The van der Waals surface area contributed by atoms with Crippen LogP contribution in [0.3, 0.4) is 0 Å². The van der Waals surface area contributed by atoms with E-state index in [0.29, 0.717) is 25.3 Å². The molecule has 26 heavy (non-hydrogen) atoms. The van der Waals surface area contributed by atoms with Crippen molar-refractivity contribution in [2.24, 2.45) is 0 Å². The van der Waals surface area contributed by atoms with Gasteiger partial charge in [0.25, 0.3) is 5.91 Å². The second-order valence-corrected chi connectivity index (χ2v) is 7.15. The van der Waals surface area contributed by atoms with Gasteiger partial charge in [0.2, 0.25) is 0 Å². The summed E-state index contributed by atoms with van der Waals surface area (Å²) in [7, 11) is 1.67. The average molecular weight is 371 g/mol. The molecule has 1 aliphatic rings. The highest BCUT2D eigenvalue weighted by atomic mass is 32.1. The summed E-state index contributed by atoms with van der Waals surface area (Å²) in [4.78, 5) is 21.6. The number of rotatable bonds is 4. The van der Waals surface area contributed by atoms with Gasteiger partial charge in [-0.05, 0) is 31.2 Å². The van der Waals surface area contributed by atoms with E-state index in [9.17, 15) is 4.79 Å². The van der Waals surface area contributed by atoms with Gasteiger partial charge in [-0.3, -0.25) is 9.48 Å². The number of methoxy groups -OCH3 is 1. The first-order valence-corrected chi connectivity index (χ1v) is 9.52. The van der Waals surface area contributed by atoms with E-state index >= 15 is 0 Å². The molecule has 0 spiro atoms. The maximum Gasteiger partial charge on any atom is 0.272 e. The first-order chi connectivity index (χ1) is 12.7. The highest BCUT2D eigenvalue weighted by molar-refractivity contribution is 7.22. The minimum Gasteiger partial charge on any atom is -0.497 e. The van der Waals surface area contributed by atoms with Gasteiger partial charge in [-0.2, -0.15) is 5.10 Å². The van der Waals surface area contributed by atoms with E-state index in [0.717, 1.165) is 34.2 Å². The monoisotopic (exact) mass is 371 g/mol. The molecule has 0 aliphatic carbocycles. The highest BCUT2D eigenvalue weighted by Crippen LogP contribution is 2.31. The molecule has 1 aromatic carbocycles. The normalized spacial score (nSPS) is 14.8. The van der Waals surface area contributed by atoms with Gasteiger partial charge in [0, 0.05) is 38.9 Å². The molecule has 0 bridgehead atoms. The number of ether oxygens (including phenoxy) is 1. The minimum atomic E-state index is 0.0537. The Balaban J connectivity index is 1.46. The maximum absolute atomic E-state index is 12.7. The number of hydrogen-bond donors (Lipinski definition) is 0. The Labute approximate surface area is 155 Å². The molecule has 1 fully saturated rings. The summed E-state index contributed by atoms with van der Waals surface area (Å²) in [6, 6.07) is 7.72. The summed E-state index contributed by atoms with van der Waals surface area (Å²) >= 11 is 1.66. The van der Waals surface area contributed by atoms with Crippen molar-refractivity contribution in [2.45, 2.75) is 13.5 Å². The molecule has 0 saturated carbocycles. The van der Waals surface area contributed by atoms with Crippen molar-refractivity contribution in [1.29, 1.82) is 0 Å². The minimum absolute atomic E-state index is 0.0537. The van der Waals surface area contributed by atoms with Crippen molar-refractivity contribution in [3.8, 4) is 5.75 Å².